The van der Waals surface area contributed by atoms with Gasteiger partial charge in [0.2, 0.25) is 5.91 Å². The number of carbonyl (C=O) groups excluding carboxylic acids is 2. The average Bonchev–Trinajstić information content (AvgIpc) is 2.61. The van der Waals surface area contributed by atoms with Crippen LogP contribution in [0.1, 0.15) is 34.0 Å². The summed E-state index contributed by atoms with van der Waals surface area (Å²) in [6, 6.07) is 9.56. The summed E-state index contributed by atoms with van der Waals surface area (Å²) in [4.78, 5) is 25.5. The molecule has 0 saturated carbocycles. The molecule has 0 bridgehead atoms. The Labute approximate surface area is 155 Å². The van der Waals surface area contributed by atoms with Crippen molar-refractivity contribution in [2.75, 3.05) is 14.2 Å². The van der Waals surface area contributed by atoms with Gasteiger partial charge < -0.3 is 9.64 Å². The van der Waals surface area contributed by atoms with Crippen LogP contribution in [0.25, 0.3) is 0 Å². The molecule has 4 nitrogen and oxygen atoms in total. The Morgan fingerprint density at radius 1 is 1.07 bits per heavy atom. The van der Waals surface area contributed by atoms with E-state index in [0.717, 1.165) is 12.1 Å². The molecule has 144 valence electrons. The van der Waals surface area contributed by atoms with Gasteiger partial charge >= 0.3 is 6.18 Å². The van der Waals surface area contributed by atoms with Crippen LogP contribution in [0, 0.1) is 0 Å². The predicted octanol–water partition coefficient (Wildman–Crippen LogP) is 4.12. The number of carbonyl (C=O) groups is 2. The first-order valence-electron chi connectivity index (χ1n) is 8.19. The molecule has 0 unspecified atom stereocenters. The van der Waals surface area contributed by atoms with E-state index in [1.807, 2.05) is 0 Å². The van der Waals surface area contributed by atoms with Crippen LogP contribution in [0.4, 0.5) is 13.2 Å². The molecular formula is C20H20F3NO3. The molecule has 0 aliphatic carbocycles. The Morgan fingerprint density at radius 3 is 2.22 bits per heavy atom. The molecule has 0 spiro atoms. The summed E-state index contributed by atoms with van der Waals surface area (Å²) in [5.74, 6) is 0.134. The van der Waals surface area contributed by atoms with E-state index in [2.05, 4.69) is 0 Å². The Balaban J connectivity index is 2.09. The average molecular weight is 379 g/mol. The van der Waals surface area contributed by atoms with E-state index >= 15 is 0 Å². The zero-order valence-electron chi connectivity index (χ0n) is 15.3. The maximum atomic E-state index is 12.6. The highest BCUT2D eigenvalue weighted by Gasteiger charge is 2.30. The van der Waals surface area contributed by atoms with Crippen LogP contribution < -0.4 is 4.74 Å². The molecule has 2 aromatic carbocycles. The Morgan fingerprint density at radius 2 is 1.70 bits per heavy atom. The van der Waals surface area contributed by atoms with Gasteiger partial charge in [0.1, 0.15) is 5.75 Å². The van der Waals surface area contributed by atoms with Crippen molar-refractivity contribution in [3.05, 3.63) is 64.7 Å². The highest BCUT2D eigenvalue weighted by Crippen LogP contribution is 2.29. The molecule has 2 rings (SSSR count). The first kappa shape index (κ1) is 20.5. The van der Waals surface area contributed by atoms with Crippen LogP contribution in [-0.4, -0.2) is 30.7 Å². The SMILES string of the molecule is COc1ccc(C(C)=O)cc1CC(=O)N(C)Cc1ccc(C(F)(F)F)cc1. The van der Waals surface area contributed by atoms with Crippen molar-refractivity contribution < 1.29 is 27.5 Å². The van der Waals surface area contributed by atoms with Crippen LogP contribution in [-0.2, 0) is 23.9 Å². The van der Waals surface area contributed by atoms with Crippen LogP contribution in [0.5, 0.6) is 5.75 Å². The smallest absolute Gasteiger partial charge is 0.416 e. The van der Waals surface area contributed by atoms with Gasteiger partial charge in [0.25, 0.3) is 0 Å². The van der Waals surface area contributed by atoms with E-state index in [4.69, 9.17) is 4.74 Å². The van der Waals surface area contributed by atoms with Crippen molar-refractivity contribution in [3.8, 4) is 5.75 Å². The first-order valence-corrected chi connectivity index (χ1v) is 8.19. The van der Waals surface area contributed by atoms with E-state index in [1.54, 1.807) is 25.2 Å². The molecule has 1 amide bonds. The van der Waals surface area contributed by atoms with Gasteiger partial charge in [-0.1, -0.05) is 12.1 Å². The van der Waals surface area contributed by atoms with Crippen LogP contribution in [0.3, 0.4) is 0 Å². The van der Waals surface area contributed by atoms with Crippen LogP contribution in [0.15, 0.2) is 42.5 Å². The van der Waals surface area contributed by atoms with Gasteiger partial charge in [0.05, 0.1) is 19.1 Å². The number of ketones is 1. The van der Waals surface area contributed by atoms with Gasteiger partial charge in [0, 0.05) is 24.7 Å². The molecule has 0 aliphatic heterocycles. The zero-order valence-corrected chi connectivity index (χ0v) is 15.3. The largest absolute Gasteiger partial charge is 0.496 e. The summed E-state index contributed by atoms with van der Waals surface area (Å²) in [5.41, 5.74) is 0.910. The predicted molar refractivity (Wildman–Crippen MR) is 94.6 cm³/mol. The molecule has 0 fully saturated rings. The molecule has 0 heterocycles. The second-order valence-electron chi connectivity index (χ2n) is 6.20. The molecule has 2 aromatic rings. The van der Waals surface area contributed by atoms with Gasteiger partial charge in [-0.25, -0.2) is 0 Å². The summed E-state index contributed by atoms with van der Waals surface area (Å²) >= 11 is 0. The van der Waals surface area contributed by atoms with Crippen molar-refractivity contribution in [1.82, 2.24) is 4.90 Å². The normalized spacial score (nSPS) is 11.2. The summed E-state index contributed by atoms with van der Waals surface area (Å²) in [7, 11) is 3.05. The van der Waals surface area contributed by atoms with E-state index < -0.39 is 11.7 Å². The minimum Gasteiger partial charge on any atom is -0.496 e. The molecule has 0 aliphatic rings. The molecular weight excluding hydrogens is 359 g/mol. The number of amides is 1. The fourth-order valence-corrected chi connectivity index (χ4v) is 2.59. The van der Waals surface area contributed by atoms with Crippen LogP contribution >= 0.6 is 0 Å². The van der Waals surface area contributed by atoms with Crippen molar-refractivity contribution in [1.29, 1.82) is 0 Å². The van der Waals surface area contributed by atoms with Gasteiger partial charge in [-0.15, -0.1) is 0 Å². The number of hydrogen-bond acceptors (Lipinski definition) is 3. The quantitative estimate of drug-likeness (QED) is 0.710. The van der Waals surface area contributed by atoms with E-state index in [0.29, 0.717) is 22.4 Å². The topological polar surface area (TPSA) is 46.6 Å². The molecule has 0 aromatic heterocycles. The Bertz CT molecular complexity index is 829. The third-order valence-electron chi connectivity index (χ3n) is 4.16. The van der Waals surface area contributed by atoms with Crippen LogP contribution in [0.2, 0.25) is 0 Å². The van der Waals surface area contributed by atoms with Gasteiger partial charge in [-0.2, -0.15) is 13.2 Å². The summed E-state index contributed by atoms with van der Waals surface area (Å²) in [5, 5.41) is 0. The van der Waals surface area contributed by atoms with Gasteiger partial charge in [-0.3, -0.25) is 9.59 Å². The van der Waals surface area contributed by atoms with Crippen molar-refractivity contribution in [2.45, 2.75) is 26.1 Å². The van der Waals surface area contributed by atoms with Crippen molar-refractivity contribution >= 4 is 11.7 Å². The summed E-state index contributed by atoms with van der Waals surface area (Å²) in [6.07, 6.45) is -4.38. The number of nitrogens with zero attached hydrogens (tertiary/aromatic N) is 1. The molecule has 27 heavy (non-hydrogen) atoms. The summed E-state index contributed by atoms with van der Waals surface area (Å²) in [6.45, 7) is 1.61. The lowest BCUT2D eigenvalue weighted by molar-refractivity contribution is -0.137. The molecule has 7 heteroatoms. The number of rotatable bonds is 6. The molecule has 0 atom stereocenters. The molecule has 0 saturated heterocycles. The standard InChI is InChI=1S/C20H20F3NO3/c1-13(25)15-6-9-18(27-3)16(10-15)11-19(26)24(2)12-14-4-7-17(8-5-14)20(21,22)23/h4-10H,11-12H2,1-3H3. The Kier molecular flexibility index (Phi) is 6.25. The number of halogens is 3. The number of ether oxygens (including phenoxy) is 1. The fourth-order valence-electron chi connectivity index (χ4n) is 2.59. The van der Waals surface area contributed by atoms with Gasteiger partial charge in [-0.05, 0) is 42.8 Å². The second kappa shape index (κ2) is 8.24. The number of likely N-dealkylation sites (N-methyl/N-ethyl adjacent to an activating group) is 1. The number of methoxy groups -OCH3 is 1. The van der Waals surface area contributed by atoms with E-state index in [1.165, 1.54) is 31.1 Å². The Hall–Kier alpha value is -2.83. The number of Topliss-reactive ketones (excluding diaryl/α,β-unsaturated/α-hetero) is 1. The lowest BCUT2D eigenvalue weighted by Crippen LogP contribution is -2.28. The highest BCUT2D eigenvalue weighted by atomic mass is 19.4. The van der Waals surface area contributed by atoms with Crippen molar-refractivity contribution in [2.24, 2.45) is 0 Å². The third kappa shape index (κ3) is 5.32. The monoisotopic (exact) mass is 379 g/mol. The molecule has 0 N–H and O–H groups in total. The lowest BCUT2D eigenvalue weighted by Gasteiger charge is -2.19. The zero-order chi connectivity index (χ0) is 20.2. The van der Waals surface area contributed by atoms with Gasteiger partial charge in [0.15, 0.2) is 5.78 Å². The highest BCUT2D eigenvalue weighted by molar-refractivity contribution is 5.94. The minimum absolute atomic E-state index is 0.0153. The minimum atomic E-state index is -4.39. The maximum absolute atomic E-state index is 12.6. The maximum Gasteiger partial charge on any atom is 0.416 e. The first-order chi connectivity index (χ1) is 12.6. The van der Waals surface area contributed by atoms with E-state index in [-0.39, 0.29) is 24.7 Å². The fraction of sp³-hybridized carbons (Fsp3) is 0.300. The van der Waals surface area contributed by atoms with E-state index in [9.17, 15) is 22.8 Å². The third-order valence-corrected chi connectivity index (χ3v) is 4.16. The summed E-state index contributed by atoms with van der Waals surface area (Å²) < 4.78 is 43.1. The lowest BCUT2D eigenvalue weighted by atomic mass is 10.0. The number of alkyl halides is 3. The van der Waals surface area contributed by atoms with Crippen molar-refractivity contribution in [3.63, 3.8) is 0 Å². The number of benzene rings is 2. The molecule has 0 radical (unpaired) electrons. The number of hydrogen-bond donors (Lipinski definition) is 0. The second-order valence-corrected chi connectivity index (χ2v) is 6.20.